The third-order valence-corrected chi connectivity index (χ3v) is 2.99. The molecule has 1 aliphatic rings. The zero-order valence-electron chi connectivity index (χ0n) is 6.87. The normalized spacial score (nSPS) is 26.1. The predicted molar refractivity (Wildman–Crippen MR) is 52.0 cm³/mol. The first-order chi connectivity index (χ1) is 6.24. The van der Waals surface area contributed by atoms with Gasteiger partial charge in [-0.05, 0) is 24.8 Å². The molecule has 0 amide bonds. The van der Waals surface area contributed by atoms with E-state index in [4.69, 9.17) is 28.9 Å². The average molecular weight is 218 g/mol. The summed E-state index contributed by atoms with van der Waals surface area (Å²) in [4.78, 5) is 7.80. The molecule has 2 rings (SSSR count). The van der Waals surface area contributed by atoms with Gasteiger partial charge in [0.1, 0.15) is 16.6 Å². The Morgan fingerprint density at radius 3 is 2.46 bits per heavy atom. The van der Waals surface area contributed by atoms with E-state index in [-0.39, 0.29) is 0 Å². The zero-order chi connectivity index (χ0) is 9.42. The van der Waals surface area contributed by atoms with Crippen LogP contribution in [0.2, 0.25) is 10.3 Å². The molecular weight excluding hydrogens is 209 g/mol. The fraction of sp³-hybridized carbons (Fsp3) is 0.500. The third kappa shape index (κ3) is 1.64. The van der Waals surface area contributed by atoms with Gasteiger partial charge in [-0.2, -0.15) is 0 Å². The van der Waals surface area contributed by atoms with Crippen LogP contribution in [0.1, 0.15) is 17.9 Å². The van der Waals surface area contributed by atoms with Crippen molar-refractivity contribution in [2.24, 2.45) is 11.7 Å². The summed E-state index contributed by atoms with van der Waals surface area (Å²) in [5, 5.41) is 0.918. The molecule has 1 fully saturated rings. The molecule has 0 aromatic carbocycles. The molecule has 1 aliphatic carbocycles. The maximum absolute atomic E-state index is 5.91. The zero-order valence-corrected chi connectivity index (χ0v) is 8.39. The molecule has 2 N–H and O–H groups in total. The Bertz CT molecular complexity index is 309. The minimum atomic E-state index is 0.367. The van der Waals surface area contributed by atoms with Gasteiger partial charge >= 0.3 is 0 Å². The van der Waals surface area contributed by atoms with Crippen LogP contribution in [-0.4, -0.2) is 16.5 Å². The van der Waals surface area contributed by atoms with Crippen molar-refractivity contribution in [3.05, 3.63) is 22.2 Å². The SMILES string of the molecule is NCC1CC1c1c(Cl)ncnc1Cl. The summed E-state index contributed by atoms with van der Waals surface area (Å²) >= 11 is 11.8. The molecule has 1 aromatic heterocycles. The number of hydrogen-bond acceptors (Lipinski definition) is 3. The molecule has 3 nitrogen and oxygen atoms in total. The highest BCUT2D eigenvalue weighted by atomic mass is 35.5. The second kappa shape index (κ2) is 3.40. The van der Waals surface area contributed by atoms with Crippen molar-refractivity contribution in [2.45, 2.75) is 12.3 Å². The Labute approximate surface area is 86.3 Å². The van der Waals surface area contributed by atoms with E-state index in [9.17, 15) is 0 Å². The Hall–Kier alpha value is -0.380. The van der Waals surface area contributed by atoms with Gasteiger partial charge in [0.2, 0.25) is 0 Å². The standard InChI is InChI=1S/C8H9Cl2N3/c9-7-6(5-1-4(5)2-11)8(10)13-3-12-7/h3-5H,1-2,11H2. The largest absolute Gasteiger partial charge is 0.330 e. The van der Waals surface area contributed by atoms with Crippen LogP contribution < -0.4 is 5.73 Å². The predicted octanol–water partition coefficient (Wildman–Crippen LogP) is 1.85. The van der Waals surface area contributed by atoms with Gasteiger partial charge in [-0.1, -0.05) is 23.2 Å². The molecule has 0 aliphatic heterocycles. The highest BCUT2D eigenvalue weighted by molar-refractivity contribution is 6.34. The van der Waals surface area contributed by atoms with Crippen LogP contribution in [0.25, 0.3) is 0 Å². The van der Waals surface area contributed by atoms with Crippen molar-refractivity contribution in [2.75, 3.05) is 6.54 Å². The van der Waals surface area contributed by atoms with E-state index in [1.165, 1.54) is 6.33 Å². The maximum atomic E-state index is 5.91. The first-order valence-corrected chi connectivity index (χ1v) is 4.85. The summed E-state index contributed by atoms with van der Waals surface area (Å²) in [6.45, 7) is 0.673. The Morgan fingerprint density at radius 2 is 2.00 bits per heavy atom. The smallest absolute Gasteiger partial charge is 0.137 e. The quantitative estimate of drug-likeness (QED) is 0.770. The van der Waals surface area contributed by atoms with Crippen LogP contribution in [0, 0.1) is 5.92 Å². The number of rotatable bonds is 2. The van der Waals surface area contributed by atoms with Gasteiger partial charge in [0.25, 0.3) is 0 Å². The van der Waals surface area contributed by atoms with Crippen LogP contribution in [0.5, 0.6) is 0 Å². The van der Waals surface area contributed by atoms with Gasteiger partial charge in [0, 0.05) is 5.56 Å². The second-order valence-electron chi connectivity index (χ2n) is 3.21. The van der Waals surface area contributed by atoms with E-state index < -0.39 is 0 Å². The molecule has 0 saturated heterocycles. The lowest BCUT2D eigenvalue weighted by Crippen LogP contribution is -2.03. The van der Waals surface area contributed by atoms with Gasteiger partial charge in [-0.15, -0.1) is 0 Å². The van der Waals surface area contributed by atoms with E-state index in [1.54, 1.807) is 0 Å². The molecule has 0 bridgehead atoms. The van der Waals surface area contributed by atoms with Crippen LogP contribution >= 0.6 is 23.2 Å². The third-order valence-electron chi connectivity index (χ3n) is 2.38. The number of aromatic nitrogens is 2. The Balaban J connectivity index is 2.30. The summed E-state index contributed by atoms with van der Waals surface area (Å²) in [7, 11) is 0. The highest BCUT2D eigenvalue weighted by Crippen LogP contribution is 2.50. The molecule has 1 heterocycles. The van der Waals surface area contributed by atoms with Gasteiger partial charge in [0.15, 0.2) is 0 Å². The molecule has 0 spiro atoms. The van der Waals surface area contributed by atoms with E-state index in [0.29, 0.717) is 28.7 Å². The van der Waals surface area contributed by atoms with Crippen molar-refractivity contribution in [1.29, 1.82) is 0 Å². The van der Waals surface area contributed by atoms with Crippen LogP contribution in [0.15, 0.2) is 6.33 Å². The molecule has 13 heavy (non-hydrogen) atoms. The minimum Gasteiger partial charge on any atom is -0.330 e. The minimum absolute atomic E-state index is 0.367. The lowest BCUT2D eigenvalue weighted by Gasteiger charge is -2.02. The topological polar surface area (TPSA) is 51.8 Å². The second-order valence-corrected chi connectivity index (χ2v) is 3.92. The molecule has 2 unspecified atom stereocenters. The molecule has 1 saturated carbocycles. The summed E-state index contributed by atoms with van der Waals surface area (Å²) in [5.41, 5.74) is 6.40. The lowest BCUT2D eigenvalue weighted by molar-refractivity contribution is 0.805. The summed E-state index contributed by atoms with van der Waals surface area (Å²) in [5.74, 6) is 0.868. The summed E-state index contributed by atoms with van der Waals surface area (Å²) < 4.78 is 0. The van der Waals surface area contributed by atoms with E-state index in [2.05, 4.69) is 9.97 Å². The van der Waals surface area contributed by atoms with E-state index in [1.807, 2.05) is 0 Å². The Morgan fingerprint density at radius 1 is 1.38 bits per heavy atom. The van der Waals surface area contributed by atoms with Gasteiger partial charge in [-0.25, -0.2) is 9.97 Å². The number of nitrogens with zero attached hydrogens (tertiary/aromatic N) is 2. The highest BCUT2D eigenvalue weighted by Gasteiger charge is 2.40. The molecule has 70 valence electrons. The van der Waals surface area contributed by atoms with Gasteiger partial charge in [0.05, 0.1) is 0 Å². The molecular formula is C8H9Cl2N3. The number of nitrogens with two attached hydrogens (primary N) is 1. The van der Waals surface area contributed by atoms with Crippen molar-refractivity contribution in [1.82, 2.24) is 9.97 Å². The van der Waals surface area contributed by atoms with Crippen LogP contribution in [0.4, 0.5) is 0 Å². The van der Waals surface area contributed by atoms with Crippen molar-refractivity contribution < 1.29 is 0 Å². The molecule has 2 atom stereocenters. The van der Waals surface area contributed by atoms with Crippen molar-refractivity contribution in [3.8, 4) is 0 Å². The first kappa shape index (κ1) is 9.19. The maximum Gasteiger partial charge on any atom is 0.137 e. The fourth-order valence-electron chi connectivity index (χ4n) is 1.52. The monoisotopic (exact) mass is 217 g/mol. The lowest BCUT2D eigenvalue weighted by atomic mass is 10.2. The molecule has 0 radical (unpaired) electrons. The van der Waals surface area contributed by atoms with Gasteiger partial charge < -0.3 is 5.73 Å². The Kier molecular flexibility index (Phi) is 2.41. The van der Waals surface area contributed by atoms with Crippen LogP contribution in [-0.2, 0) is 0 Å². The first-order valence-electron chi connectivity index (χ1n) is 4.10. The van der Waals surface area contributed by atoms with E-state index >= 15 is 0 Å². The molecule has 1 aromatic rings. The van der Waals surface area contributed by atoms with Gasteiger partial charge in [-0.3, -0.25) is 0 Å². The summed E-state index contributed by atoms with van der Waals surface area (Å²) in [6, 6.07) is 0. The van der Waals surface area contributed by atoms with Crippen molar-refractivity contribution >= 4 is 23.2 Å². The van der Waals surface area contributed by atoms with Crippen molar-refractivity contribution in [3.63, 3.8) is 0 Å². The molecule has 5 heteroatoms. The fourth-order valence-corrected chi connectivity index (χ4v) is 2.12. The number of hydrogen-bond donors (Lipinski definition) is 1. The van der Waals surface area contributed by atoms with Crippen LogP contribution in [0.3, 0.4) is 0 Å². The summed E-state index contributed by atoms with van der Waals surface area (Å²) in [6.07, 6.45) is 2.41. The average Bonchev–Trinajstić information content (AvgIpc) is 2.83. The number of halogens is 2. The van der Waals surface area contributed by atoms with E-state index in [0.717, 1.165) is 12.0 Å².